The SMILES string of the molecule is Cc1nc(CC(=O)/N=C\C2CCC(CCN3CCc4ccc(O[C@H](C)C(F)(F)F)nc4CC3)CC2)n(C)n1. The first-order chi connectivity index (χ1) is 18.1. The summed E-state index contributed by atoms with van der Waals surface area (Å²) in [6, 6.07) is 3.40. The minimum Gasteiger partial charge on any atom is -0.465 e. The Hall–Kier alpha value is -2.82. The molecule has 2 aromatic rings. The average molecular weight is 535 g/mol. The van der Waals surface area contributed by atoms with Gasteiger partial charge in [-0.3, -0.25) is 9.48 Å². The molecule has 8 nitrogen and oxygen atoms in total. The molecule has 0 spiro atoms. The topological polar surface area (TPSA) is 85.5 Å². The second kappa shape index (κ2) is 12.4. The number of amides is 1. The van der Waals surface area contributed by atoms with Gasteiger partial charge in [0.1, 0.15) is 11.6 Å². The third-order valence-corrected chi connectivity index (χ3v) is 7.61. The van der Waals surface area contributed by atoms with Crippen molar-refractivity contribution >= 4 is 12.1 Å². The number of ether oxygens (including phenoxy) is 1. The zero-order chi connectivity index (χ0) is 27.3. The van der Waals surface area contributed by atoms with E-state index >= 15 is 0 Å². The van der Waals surface area contributed by atoms with Crippen LogP contribution in [0.1, 0.15) is 61.9 Å². The second-order valence-electron chi connectivity index (χ2n) is 10.5. The first-order valence-electron chi connectivity index (χ1n) is 13.4. The van der Waals surface area contributed by atoms with Crippen LogP contribution in [-0.4, -0.2) is 68.7 Å². The number of alkyl halides is 3. The summed E-state index contributed by atoms with van der Waals surface area (Å²) in [6.07, 6.45) is 2.70. The fourth-order valence-corrected chi connectivity index (χ4v) is 5.22. The number of pyridine rings is 1. The van der Waals surface area contributed by atoms with Crippen LogP contribution in [0.2, 0.25) is 0 Å². The number of carbonyl (C=O) groups excluding carboxylic acids is 1. The quantitative estimate of drug-likeness (QED) is 0.470. The zero-order valence-electron chi connectivity index (χ0n) is 22.4. The van der Waals surface area contributed by atoms with Gasteiger partial charge >= 0.3 is 6.18 Å². The molecule has 0 aromatic carbocycles. The Morgan fingerprint density at radius 2 is 1.92 bits per heavy atom. The summed E-state index contributed by atoms with van der Waals surface area (Å²) in [6.45, 7) is 5.56. The molecule has 0 N–H and O–H groups in total. The molecule has 208 valence electrons. The molecule has 3 heterocycles. The molecule has 1 fully saturated rings. The predicted octanol–water partition coefficient (Wildman–Crippen LogP) is 4.29. The minimum absolute atomic E-state index is 0.0350. The Bertz CT molecular complexity index is 1120. The molecule has 1 amide bonds. The molecule has 1 aliphatic heterocycles. The number of hydrogen-bond donors (Lipinski definition) is 0. The smallest absolute Gasteiger partial charge is 0.425 e. The van der Waals surface area contributed by atoms with Crippen LogP contribution in [-0.2, 0) is 31.1 Å². The van der Waals surface area contributed by atoms with Crippen molar-refractivity contribution in [2.24, 2.45) is 23.9 Å². The van der Waals surface area contributed by atoms with E-state index in [9.17, 15) is 18.0 Å². The summed E-state index contributed by atoms with van der Waals surface area (Å²) in [5.74, 6) is 2.12. The van der Waals surface area contributed by atoms with Gasteiger partial charge in [-0.15, -0.1) is 0 Å². The molecule has 0 bridgehead atoms. The van der Waals surface area contributed by atoms with Gasteiger partial charge < -0.3 is 9.64 Å². The van der Waals surface area contributed by atoms with Crippen LogP contribution in [0.3, 0.4) is 0 Å². The highest BCUT2D eigenvalue weighted by atomic mass is 19.4. The minimum atomic E-state index is -4.41. The van der Waals surface area contributed by atoms with Gasteiger partial charge in [-0.25, -0.2) is 15.0 Å². The van der Waals surface area contributed by atoms with Crippen LogP contribution in [0.4, 0.5) is 13.2 Å². The summed E-state index contributed by atoms with van der Waals surface area (Å²) in [5.41, 5.74) is 1.92. The number of nitrogens with zero attached hydrogens (tertiary/aromatic N) is 6. The molecule has 1 saturated carbocycles. The maximum Gasteiger partial charge on any atom is 0.425 e. The van der Waals surface area contributed by atoms with E-state index in [-0.39, 0.29) is 18.2 Å². The lowest BCUT2D eigenvalue weighted by atomic mass is 9.81. The summed E-state index contributed by atoms with van der Waals surface area (Å²) < 4.78 is 45.1. The molecule has 0 unspecified atom stereocenters. The number of aromatic nitrogens is 4. The van der Waals surface area contributed by atoms with Gasteiger partial charge in [0.15, 0.2) is 6.10 Å². The Morgan fingerprint density at radius 1 is 1.18 bits per heavy atom. The van der Waals surface area contributed by atoms with Crippen LogP contribution in [0.25, 0.3) is 0 Å². The van der Waals surface area contributed by atoms with Crippen molar-refractivity contribution in [1.29, 1.82) is 0 Å². The van der Waals surface area contributed by atoms with Crippen LogP contribution < -0.4 is 4.74 Å². The molecular formula is C27H37F3N6O2. The number of aryl methyl sites for hydroxylation is 2. The number of aliphatic imine (C=N–C) groups is 1. The molecule has 2 aromatic heterocycles. The molecule has 11 heteroatoms. The monoisotopic (exact) mass is 534 g/mol. The number of halogens is 3. The molecule has 0 saturated heterocycles. The molecule has 2 aliphatic rings. The van der Waals surface area contributed by atoms with Crippen LogP contribution >= 0.6 is 0 Å². The van der Waals surface area contributed by atoms with Crippen molar-refractivity contribution in [2.45, 2.75) is 77.5 Å². The highest BCUT2D eigenvalue weighted by molar-refractivity contribution is 5.86. The molecule has 1 aliphatic carbocycles. The van der Waals surface area contributed by atoms with E-state index in [1.54, 1.807) is 24.7 Å². The number of fused-ring (bicyclic) bond motifs is 1. The Balaban J connectivity index is 1.17. The fraction of sp³-hybridized carbons (Fsp3) is 0.667. The molecule has 4 rings (SSSR count). The maximum atomic E-state index is 12.8. The number of rotatable bonds is 8. The van der Waals surface area contributed by atoms with E-state index in [4.69, 9.17) is 4.74 Å². The summed E-state index contributed by atoms with van der Waals surface area (Å²) in [4.78, 5) is 27.5. The second-order valence-corrected chi connectivity index (χ2v) is 10.5. The van der Waals surface area contributed by atoms with Crippen molar-refractivity contribution in [2.75, 3.05) is 19.6 Å². The first kappa shape index (κ1) is 28.2. The number of carbonyl (C=O) groups is 1. The highest BCUT2D eigenvalue weighted by Crippen LogP contribution is 2.31. The highest BCUT2D eigenvalue weighted by Gasteiger charge is 2.38. The summed E-state index contributed by atoms with van der Waals surface area (Å²) in [7, 11) is 1.78. The summed E-state index contributed by atoms with van der Waals surface area (Å²) >= 11 is 0. The fourth-order valence-electron chi connectivity index (χ4n) is 5.22. The Kier molecular flexibility index (Phi) is 9.17. The van der Waals surface area contributed by atoms with E-state index in [2.05, 4.69) is 25.0 Å². The predicted molar refractivity (Wildman–Crippen MR) is 137 cm³/mol. The van der Waals surface area contributed by atoms with Gasteiger partial charge in [0.05, 0.1) is 6.42 Å². The third kappa shape index (κ3) is 7.85. The lowest BCUT2D eigenvalue weighted by Crippen LogP contribution is -2.31. The Morgan fingerprint density at radius 3 is 2.61 bits per heavy atom. The summed E-state index contributed by atoms with van der Waals surface area (Å²) in [5, 5.41) is 4.17. The molecule has 0 radical (unpaired) electrons. The largest absolute Gasteiger partial charge is 0.465 e. The van der Waals surface area contributed by atoms with Crippen molar-refractivity contribution in [3.05, 3.63) is 35.0 Å². The van der Waals surface area contributed by atoms with Crippen molar-refractivity contribution < 1.29 is 22.7 Å². The van der Waals surface area contributed by atoms with E-state index in [1.165, 1.54) is 0 Å². The van der Waals surface area contributed by atoms with Gasteiger partial charge in [0.2, 0.25) is 5.88 Å². The van der Waals surface area contributed by atoms with Crippen LogP contribution in [0.5, 0.6) is 5.88 Å². The van der Waals surface area contributed by atoms with Gasteiger partial charge in [0, 0.05) is 44.5 Å². The molecule has 1 atom stereocenters. The van der Waals surface area contributed by atoms with E-state index < -0.39 is 12.3 Å². The number of hydrogen-bond acceptors (Lipinski definition) is 6. The molecular weight excluding hydrogens is 497 g/mol. The van der Waals surface area contributed by atoms with Crippen LogP contribution in [0, 0.1) is 18.8 Å². The third-order valence-electron chi connectivity index (χ3n) is 7.61. The van der Waals surface area contributed by atoms with Crippen molar-refractivity contribution in [3.63, 3.8) is 0 Å². The van der Waals surface area contributed by atoms with Gasteiger partial charge in [0.25, 0.3) is 5.91 Å². The first-order valence-corrected chi connectivity index (χ1v) is 13.4. The van der Waals surface area contributed by atoms with Gasteiger partial charge in [-0.05, 0) is 76.3 Å². The maximum absolute atomic E-state index is 12.8. The lowest BCUT2D eigenvalue weighted by molar-refractivity contribution is -0.190. The van der Waals surface area contributed by atoms with Crippen molar-refractivity contribution in [3.8, 4) is 5.88 Å². The normalized spacial score (nSPS) is 21.7. The van der Waals surface area contributed by atoms with E-state index in [0.717, 1.165) is 76.3 Å². The average Bonchev–Trinajstić information content (AvgIpc) is 3.06. The zero-order valence-corrected chi connectivity index (χ0v) is 22.4. The standard InChI is InChI=1S/C27H37F3N6O2/c1-18(27(28,29)30)38-26-9-8-22-11-14-36(15-12-23(22)33-26)13-10-20-4-6-21(7-5-20)17-31-25(37)16-24-32-19(2)34-35(24)3/h8-9,17-18,20-21H,4-7,10-16H2,1-3H3/b31-17-/t18-,20?,21?/m1/s1. The van der Waals surface area contributed by atoms with Crippen LogP contribution in [0.15, 0.2) is 17.1 Å². The van der Waals surface area contributed by atoms with Gasteiger partial charge in [-0.2, -0.15) is 18.3 Å². The van der Waals surface area contributed by atoms with E-state index in [1.807, 2.05) is 12.3 Å². The molecule has 38 heavy (non-hydrogen) atoms. The van der Waals surface area contributed by atoms with E-state index in [0.29, 0.717) is 29.9 Å². The Labute approximate surface area is 221 Å². The lowest BCUT2D eigenvalue weighted by Gasteiger charge is -2.28. The van der Waals surface area contributed by atoms with Crippen molar-refractivity contribution in [1.82, 2.24) is 24.6 Å². The van der Waals surface area contributed by atoms with Gasteiger partial charge in [-0.1, -0.05) is 6.07 Å².